The Morgan fingerprint density at radius 2 is 1.96 bits per heavy atom. The highest BCUT2D eigenvalue weighted by atomic mass is 16.5. The van der Waals surface area contributed by atoms with Crippen LogP contribution < -0.4 is 0 Å². The molecular formula is C19H19N3O4. The molecule has 1 amide bonds. The average molecular weight is 353 g/mol. The van der Waals surface area contributed by atoms with Crippen molar-refractivity contribution in [2.45, 2.75) is 26.1 Å². The molecule has 0 aliphatic carbocycles. The Balaban J connectivity index is 1.59. The number of furan rings is 1. The van der Waals surface area contributed by atoms with Crippen LogP contribution in [-0.4, -0.2) is 40.2 Å². The monoisotopic (exact) mass is 353 g/mol. The molecule has 7 nitrogen and oxygen atoms in total. The highest BCUT2D eigenvalue weighted by Crippen LogP contribution is 2.29. The smallest absolute Gasteiger partial charge is 0.290 e. The second kappa shape index (κ2) is 6.76. The van der Waals surface area contributed by atoms with Gasteiger partial charge in [0.05, 0.1) is 18.9 Å². The van der Waals surface area contributed by atoms with Crippen molar-refractivity contribution in [3.8, 4) is 11.1 Å². The van der Waals surface area contributed by atoms with E-state index in [4.69, 9.17) is 13.6 Å². The zero-order chi connectivity index (χ0) is 18.1. The van der Waals surface area contributed by atoms with Gasteiger partial charge in [0.15, 0.2) is 11.9 Å². The number of rotatable bonds is 3. The molecular weight excluding hydrogens is 334 g/mol. The molecule has 3 aromatic rings. The van der Waals surface area contributed by atoms with Crippen LogP contribution in [-0.2, 0) is 4.74 Å². The van der Waals surface area contributed by atoms with E-state index < -0.39 is 6.10 Å². The van der Waals surface area contributed by atoms with Gasteiger partial charge in [-0.15, -0.1) is 10.2 Å². The van der Waals surface area contributed by atoms with E-state index in [1.165, 1.54) is 6.26 Å². The summed E-state index contributed by atoms with van der Waals surface area (Å²) in [7, 11) is 0. The number of morpholine rings is 1. The lowest BCUT2D eigenvalue weighted by Gasteiger charge is -2.35. The first-order valence-electron chi connectivity index (χ1n) is 8.49. The van der Waals surface area contributed by atoms with Crippen molar-refractivity contribution >= 4 is 5.91 Å². The molecule has 2 atom stereocenters. The van der Waals surface area contributed by atoms with Gasteiger partial charge >= 0.3 is 0 Å². The SMILES string of the molecule is Cc1nnc([C@H]2CN(C(=O)c3occc3-c3ccccc3)C[C@@H](C)O2)o1. The van der Waals surface area contributed by atoms with E-state index in [-0.39, 0.29) is 12.0 Å². The number of hydrogen-bond donors (Lipinski definition) is 0. The topological polar surface area (TPSA) is 81.6 Å². The van der Waals surface area contributed by atoms with Crippen molar-refractivity contribution in [2.75, 3.05) is 13.1 Å². The summed E-state index contributed by atoms with van der Waals surface area (Å²) in [6.45, 7) is 4.44. The fourth-order valence-electron chi connectivity index (χ4n) is 3.16. The van der Waals surface area contributed by atoms with Gasteiger partial charge in [0.2, 0.25) is 11.8 Å². The molecule has 0 bridgehead atoms. The number of aryl methyl sites for hydroxylation is 1. The minimum absolute atomic E-state index is 0.153. The summed E-state index contributed by atoms with van der Waals surface area (Å²) in [5, 5.41) is 7.86. The van der Waals surface area contributed by atoms with Gasteiger partial charge in [0, 0.05) is 19.0 Å². The summed E-state index contributed by atoms with van der Waals surface area (Å²) < 4.78 is 16.9. The van der Waals surface area contributed by atoms with Crippen molar-refractivity contribution < 1.29 is 18.4 Å². The fourth-order valence-corrected chi connectivity index (χ4v) is 3.16. The van der Waals surface area contributed by atoms with E-state index in [2.05, 4.69) is 10.2 Å². The zero-order valence-electron chi connectivity index (χ0n) is 14.6. The molecule has 0 saturated carbocycles. The van der Waals surface area contributed by atoms with Crippen molar-refractivity contribution in [2.24, 2.45) is 0 Å². The van der Waals surface area contributed by atoms with E-state index in [9.17, 15) is 4.79 Å². The molecule has 1 aromatic carbocycles. The number of ether oxygens (including phenoxy) is 1. The molecule has 0 N–H and O–H groups in total. The first-order valence-corrected chi connectivity index (χ1v) is 8.49. The predicted molar refractivity (Wildman–Crippen MR) is 92.4 cm³/mol. The van der Waals surface area contributed by atoms with Crippen LogP contribution in [0, 0.1) is 6.92 Å². The number of carbonyl (C=O) groups is 1. The predicted octanol–water partition coefficient (Wildman–Crippen LogP) is 3.24. The van der Waals surface area contributed by atoms with E-state index in [1.54, 1.807) is 11.8 Å². The highest BCUT2D eigenvalue weighted by Gasteiger charge is 2.34. The number of benzene rings is 1. The molecule has 4 rings (SSSR count). The molecule has 0 radical (unpaired) electrons. The maximum absolute atomic E-state index is 13.1. The summed E-state index contributed by atoms with van der Waals surface area (Å²) in [5.74, 6) is 1.00. The van der Waals surface area contributed by atoms with Gasteiger partial charge in [-0.3, -0.25) is 4.79 Å². The lowest BCUT2D eigenvalue weighted by molar-refractivity contribution is -0.0801. The van der Waals surface area contributed by atoms with E-state index in [0.29, 0.717) is 30.6 Å². The van der Waals surface area contributed by atoms with Crippen LogP contribution in [0.2, 0.25) is 0 Å². The molecule has 134 valence electrons. The summed E-state index contributed by atoms with van der Waals surface area (Å²) in [5.41, 5.74) is 1.72. The summed E-state index contributed by atoms with van der Waals surface area (Å²) in [6, 6.07) is 11.5. The second-order valence-corrected chi connectivity index (χ2v) is 6.33. The van der Waals surface area contributed by atoms with Crippen LogP contribution in [0.25, 0.3) is 11.1 Å². The molecule has 0 unspecified atom stereocenters. The van der Waals surface area contributed by atoms with Gasteiger partial charge in [-0.25, -0.2) is 0 Å². The third-order valence-corrected chi connectivity index (χ3v) is 4.31. The molecule has 2 aromatic heterocycles. The van der Waals surface area contributed by atoms with Crippen LogP contribution in [0.3, 0.4) is 0 Å². The standard InChI is InChI=1S/C19H19N3O4/c1-12-10-22(11-16(25-12)18-21-20-13(2)26-18)19(23)17-15(8-9-24-17)14-6-4-3-5-7-14/h3-9,12,16H,10-11H2,1-2H3/t12-,16-/m1/s1. The van der Waals surface area contributed by atoms with Crippen molar-refractivity contribution in [3.05, 3.63) is 60.2 Å². The molecule has 1 fully saturated rings. The largest absolute Gasteiger partial charge is 0.459 e. The van der Waals surface area contributed by atoms with Crippen LogP contribution in [0.15, 0.2) is 51.5 Å². The fraction of sp³-hybridized carbons (Fsp3) is 0.316. The molecule has 26 heavy (non-hydrogen) atoms. The van der Waals surface area contributed by atoms with Gasteiger partial charge in [0.25, 0.3) is 5.91 Å². The van der Waals surface area contributed by atoms with Crippen LogP contribution in [0.5, 0.6) is 0 Å². The van der Waals surface area contributed by atoms with Crippen molar-refractivity contribution in [1.82, 2.24) is 15.1 Å². The Bertz CT molecular complexity index is 902. The number of hydrogen-bond acceptors (Lipinski definition) is 6. The quantitative estimate of drug-likeness (QED) is 0.719. The van der Waals surface area contributed by atoms with E-state index >= 15 is 0 Å². The Morgan fingerprint density at radius 1 is 1.15 bits per heavy atom. The Hall–Kier alpha value is -2.93. The van der Waals surface area contributed by atoms with Crippen LogP contribution in [0.4, 0.5) is 0 Å². The third kappa shape index (κ3) is 3.13. The van der Waals surface area contributed by atoms with Gasteiger partial charge in [-0.2, -0.15) is 0 Å². The van der Waals surface area contributed by atoms with Gasteiger partial charge < -0.3 is 18.5 Å². The maximum atomic E-state index is 13.1. The Labute approximate surface area is 150 Å². The molecule has 3 heterocycles. The molecule has 7 heteroatoms. The summed E-state index contributed by atoms with van der Waals surface area (Å²) in [4.78, 5) is 14.8. The highest BCUT2D eigenvalue weighted by molar-refractivity contribution is 5.98. The lowest BCUT2D eigenvalue weighted by Crippen LogP contribution is -2.46. The van der Waals surface area contributed by atoms with Gasteiger partial charge in [-0.05, 0) is 18.6 Å². The van der Waals surface area contributed by atoms with Gasteiger partial charge in [0.1, 0.15) is 0 Å². The normalized spacial score (nSPS) is 20.3. The van der Waals surface area contributed by atoms with Crippen LogP contribution >= 0.6 is 0 Å². The van der Waals surface area contributed by atoms with Crippen LogP contribution in [0.1, 0.15) is 35.4 Å². The Morgan fingerprint density at radius 3 is 2.69 bits per heavy atom. The summed E-state index contributed by atoms with van der Waals surface area (Å²) in [6.07, 6.45) is 0.942. The lowest BCUT2D eigenvalue weighted by atomic mass is 10.1. The maximum Gasteiger partial charge on any atom is 0.290 e. The summed E-state index contributed by atoms with van der Waals surface area (Å²) >= 11 is 0. The molecule has 1 saturated heterocycles. The van der Waals surface area contributed by atoms with Crippen molar-refractivity contribution in [3.63, 3.8) is 0 Å². The second-order valence-electron chi connectivity index (χ2n) is 6.33. The Kier molecular flexibility index (Phi) is 4.30. The molecule has 1 aliphatic heterocycles. The first-order chi connectivity index (χ1) is 12.6. The molecule has 1 aliphatic rings. The average Bonchev–Trinajstić information content (AvgIpc) is 3.30. The zero-order valence-corrected chi connectivity index (χ0v) is 14.6. The number of carbonyl (C=O) groups excluding carboxylic acids is 1. The molecule has 0 spiro atoms. The number of amides is 1. The number of nitrogens with zero attached hydrogens (tertiary/aromatic N) is 3. The minimum Gasteiger partial charge on any atom is -0.459 e. The van der Waals surface area contributed by atoms with E-state index in [1.807, 2.05) is 43.3 Å². The minimum atomic E-state index is -0.445. The third-order valence-electron chi connectivity index (χ3n) is 4.31. The van der Waals surface area contributed by atoms with Gasteiger partial charge in [-0.1, -0.05) is 30.3 Å². The first kappa shape index (κ1) is 16.5. The number of aromatic nitrogens is 2. The van der Waals surface area contributed by atoms with Crippen molar-refractivity contribution in [1.29, 1.82) is 0 Å². The van der Waals surface area contributed by atoms with E-state index in [0.717, 1.165) is 11.1 Å².